The molecule has 9 aromatic carbocycles. The van der Waals surface area contributed by atoms with Crippen LogP contribution in [0.3, 0.4) is 0 Å². The van der Waals surface area contributed by atoms with Crippen molar-refractivity contribution in [3.63, 3.8) is 0 Å². The quantitative estimate of drug-likeness (QED) is 0.160. The number of rotatable bonds is 7. The smallest absolute Gasteiger partial charge is 0.0468 e. The average molecular weight is 639 g/mol. The van der Waals surface area contributed by atoms with Gasteiger partial charge in [0.2, 0.25) is 0 Å². The summed E-state index contributed by atoms with van der Waals surface area (Å²) in [6.45, 7) is 0. The molecule has 0 atom stereocenters. The van der Waals surface area contributed by atoms with Crippen molar-refractivity contribution in [1.29, 1.82) is 0 Å². The topological polar surface area (TPSA) is 6.48 Å². The van der Waals surface area contributed by atoms with Gasteiger partial charge in [0.05, 0.1) is 0 Å². The maximum absolute atomic E-state index is 2.36. The fourth-order valence-electron chi connectivity index (χ4n) is 7.23. The largest absolute Gasteiger partial charge is 0.310 e. The highest BCUT2D eigenvalue weighted by Crippen LogP contribution is 2.41. The molecule has 0 unspecified atom stereocenters. The Balaban J connectivity index is 1.15. The van der Waals surface area contributed by atoms with Gasteiger partial charge in [0, 0.05) is 34.1 Å². The van der Waals surface area contributed by atoms with E-state index in [9.17, 15) is 0 Å². The Kier molecular flexibility index (Phi) is 7.53. The molecule has 0 aliphatic carbocycles. The summed E-state index contributed by atoms with van der Waals surface area (Å²) < 4.78 is 0. The molecule has 0 heterocycles. The van der Waals surface area contributed by atoms with Crippen LogP contribution in [-0.2, 0) is 0 Å². The lowest BCUT2D eigenvalue weighted by Crippen LogP contribution is -2.10. The molecule has 0 radical (unpaired) electrons. The van der Waals surface area contributed by atoms with E-state index < -0.39 is 0 Å². The number of hydrogen-bond acceptors (Lipinski definition) is 2. The Hall–Kier alpha value is -6.64. The maximum atomic E-state index is 2.36. The van der Waals surface area contributed by atoms with Crippen molar-refractivity contribution in [3.8, 4) is 11.1 Å². The molecule has 0 N–H and O–H groups in total. The second-order valence-electron chi connectivity index (χ2n) is 12.6. The van der Waals surface area contributed by atoms with Crippen LogP contribution in [-0.4, -0.2) is 0 Å². The van der Waals surface area contributed by atoms with E-state index in [1.54, 1.807) is 0 Å². The number of hydrogen-bond donors (Lipinski definition) is 0. The number of para-hydroxylation sites is 3. The normalized spacial score (nSPS) is 11.2. The van der Waals surface area contributed by atoms with Gasteiger partial charge < -0.3 is 9.80 Å². The van der Waals surface area contributed by atoms with Gasteiger partial charge in [0.25, 0.3) is 0 Å². The summed E-state index contributed by atoms with van der Waals surface area (Å²) in [4.78, 5) is 4.67. The van der Waals surface area contributed by atoms with E-state index in [0.717, 1.165) is 34.1 Å². The molecule has 2 nitrogen and oxygen atoms in total. The van der Waals surface area contributed by atoms with Gasteiger partial charge in [-0.15, -0.1) is 0 Å². The fraction of sp³-hybridized carbons (Fsp3) is 0. The molecular formula is C48H34N2. The van der Waals surface area contributed by atoms with Gasteiger partial charge in [0.1, 0.15) is 0 Å². The minimum Gasteiger partial charge on any atom is -0.310 e. The van der Waals surface area contributed by atoms with Crippen molar-refractivity contribution in [1.82, 2.24) is 0 Å². The average Bonchev–Trinajstić information content (AvgIpc) is 3.19. The zero-order valence-electron chi connectivity index (χ0n) is 27.5. The highest BCUT2D eigenvalue weighted by atomic mass is 15.1. The molecule has 50 heavy (non-hydrogen) atoms. The molecule has 0 saturated heterocycles. The van der Waals surface area contributed by atoms with E-state index in [1.807, 2.05) is 0 Å². The number of anilines is 6. The van der Waals surface area contributed by atoms with Crippen LogP contribution in [0.25, 0.3) is 43.4 Å². The van der Waals surface area contributed by atoms with Gasteiger partial charge in [-0.1, -0.05) is 127 Å². The van der Waals surface area contributed by atoms with Crippen LogP contribution in [0.15, 0.2) is 206 Å². The molecule has 9 aromatic rings. The van der Waals surface area contributed by atoms with Crippen LogP contribution in [0.4, 0.5) is 34.1 Å². The molecule has 0 spiro atoms. The molecule has 236 valence electrons. The van der Waals surface area contributed by atoms with Crippen LogP contribution in [0.5, 0.6) is 0 Å². The lowest BCUT2D eigenvalue weighted by atomic mass is 9.93. The monoisotopic (exact) mass is 638 g/mol. The molecule has 2 heteroatoms. The first-order valence-electron chi connectivity index (χ1n) is 17.1. The lowest BCUT2D eigenvalue weighted by molar-refractivity contribution is 1.28. The van der Waals surface area contributed by atoms with Gasteiger partial charge in [-0.05, 0) is 122 Å². The fourth-order valence-corrected chi connectivity index (χ4v) is 7.23. The van der Waals surface area contributed by atoms with Gasteiger partial charge in [-0.3, -0.25) is 0 Å². The highest BCUT2D eigenvalue weighted by Gasteiger charge is 2.17. The first kappa shape index (κ1) is 29.5. The Morgan fingerprint density at radius 1 is 0.240 bits per heavy atom. The Labute approximate surface area is 292 Å². The third kappa shape index (κ3) is 5.43. The van der Waals surface area contributed by atoms with E-state index in [1.165, 1.54) is 43.4 Å². The van der Waals surface area contributed by atoms with E-state index in [0.29, 0.717) is 0 Å². The summed E-state index contributed by atoms with van der Waals surface area (Å²) >= 11 is 0. The van der Waals surface area contributed by atoms with E-state index in [4.69, 9.17) is 0 Å². The summed E-state index contributed by atoms with van der Waals surface area (Å²) in [5.41, 5.74) is 9.15. The first-order valence-corrected chi connectivity index (χ1v) is 17.1. The second-order valence-corrected chi connectivity index (χ2v) is 12.6. The highest BCUT2D eigenvalue weighted by molar-refractivity contribution is 6.14. The molecule has 0 fully saturated rings. The van der Waals surface area contributed by atoms with Gasteiger partial charge in [-0.25, -0.2) is 0 Å². The van der Waals surface area contributed by atoms with Crippen LogP contribution in [0.1, 0.15) is 0 Å². The Morgan fingerprint density at radius 3 is 1.26 bits per heavy atom. The van der Waals surface area contributed by atoms with Crippen LogP contribution < -0.4 is 9.80 Å². The third-order valence-corrected chi connectivity index (χ3v) is 9.55. The number of benzene rings is 9. The van der Waals surface area contributed by atoms with Crippen molar-refractivity contribution < 1.29 is 0 Å². The standard InChI is InChI=1S/C48H34N2/c1-4-17-39(18-5-1)49(40-19-6-2-7-20-40)43-29-27-36-32-44(30-28-35(36)31-43)50(41-21-8-3-9-22-41)42-23-14-16-37(33-42)48-34-38-15-10-11-24-45(38)46-25-12-13-26-47(46)48/h1-34H. The van der Waals surface area contributed by atoms with E-state index in [-0.39, 0.29) is 0 Å². The van der Waals surface area contributed by atoms with E-state index >= 15 is 0 Å². The molecule has 0 aliphatic heterocycles. The van der Waals surface area contributed by atoms with E-state index in [2.05, 4.69) is 216 Å². The summed E-state index contributed by atoms with van der Waals surface area (Å²) in [6, 6.07) is 74.1. The van der Waals surface area contributed by atoms with Crippen molar-refractivity contribution in [2.45, 2.75) is 0 Å². The molecule has 9 rings (SSSR count). The Bertz CT molecular complexity index is 2560. The zero-order chi connectivity index (χ0) is 33.3. The van der Waals surface area contributed by atoms with Crippen molar-refractivity contribution >= 4 is 66.4 Å². The van der Waals surface area contributed by atoms with Gasteiger partial charge in [-0.2, -0.15) is 0 Å². The lowest BCUT2D eigenvalue weighted by Gasteiger charge is -2.27. The van der Waals surface area contributed by atoms with Crippen molar-refractivity contribution in [2.75, 3.05) is 9.80 Å². The molecule has 0 aliphatic rings. The second kappa shape index (κ2) is 12.8. The summed E-state index contributed by atoms with van der Waals surface area (Å²) in [5, 5.41) is 7.44. The summed E-state index contributed by atoms with van der Waals surface area (Å²) in [6.07, 6.45) is 0. The SMILES string of the molecule is c1ccc(N(c2ccccc2)c2ccc3cc(N(c4ccccc4)c4cccc(-c5cc6ccccc6c6ccccc56)c4)ccc3c2)cc1. The minimum atomic E-state index is 1.11. The summed E-state index contributed by atoms with van der Waals surface area (Å²) in [5.74, 6) is 0. The third-order valence-electron chi connectivity index (χ3n) is 9.55. The molecule has 0 aromatic heterocycles. The maximum Gasteiger partial charge on any atom is 0.0468 e. The predicted molar refractivity (Wildman–Crippen MR) is 214 cm³/mol. The van der Waals surface area contributed by atoms with Crippen LogP contribution >= 0.6 is 0 Å². The summed E-state index contributed by atoms with van der Waals surface area (Å²) in [7, 11) is 0. The first-order chi connectivity index (χ1) is 24.8. The van der Waals surface area contributed by atoms with Crippen LogP contribution in [0.2, 0.25) is 0 Å². The van der Waals surface area contributed by atoms with Gasteiger partial charge >= 0.3 is 0 Å². The predicted octanol–water partition coefficient (Wildman–Crippen LogP) is 13.8. The zero-order valence-corrected chi connectivity index (χ0v) is 27.5. The molecule has 0 saturated carbocycles. The molecular weight excluding hydrogens is 605 g/mol. The van der Waals surface area contributed by atoms with Crippen molar-refractivity contribution in [3.05, 3.63) is 206 Å². The number of nitrogens with zero attached hydrogens (tertiary/aromatic N) is 2. The minimum absolute atomic E-state index is 1.11. The number of fused-ring (bicyclic) bond motifs is 4. The van der Waals surface area contributed by atoms with Crippen LogP contribution in [0, 0.1) is 0 Å². The Morgan fingerprint density at radius 2 is 0.680 bits per heavy atom. The van der Waals surface area contributed by atoms with Gasteiger partial charge in [0.15, 0.2) is 0 Å². The molecule has 0 amide bonds. The molecule has 0 bridgehead atoms. The van der Waals surface area contributed by atoms with Crippen molar-refractivity contribution in [2.24, 2.45) is 0 Å².